The van der Waals surface area contributed by atoms with E-state index in [1.807, 2.05) is 87.8 Å². The highest BCUT2D eigenvalue weighted by Gasteiger charge is 2.22. The number of rotatable bonds is 8. The van der Waals surface area contributed by atoms with Crippen LogP contribution in [0.4, 0.5) is 10.7 Å². The molecule has 0 aliphatic rings. The molecule has 9 heteroatoms. The third-order valence-corrected chi connectivity index (χ3v) is 5.64. The van der Waals surface area contributed by atoms with E-state index in [0.29, 0.717) is 30.3 Å². The molecule has 0 fully saturated rings. The second-order valence-corrected chi connectivity index (χ2v) is 9.74. The molecule has 0 saturated carbocycles. The number of hydrogen-bond acceptors (Lipinski definition) is 6. The molecular weight excluding hydrogens is 468 g/mol. The number of nitrogens with zero attached hydrogens (tertiary/aromatic N) is 4. The van der Waals surface area contributed by atoms with Crippen molar-refractivity contribution in [1.82, 2.24) is 24.4 Å². The molecule has 0 bridgehead atoms. The third-order valence-electron chi connectivity index (χ3n) is 5.64. The fourth-order valence-electron chi connectivity index (χ4n) is 3.94. The number of amides is 1. The monoisotopic (exact) mass is 500 g/mol. The van der Waals surface area contributed by atoms with E-state index in [4.69, 9.17) is 9.72 Å². The van der Waals surface area contributed by atoms with Gasteiger partial charge in [0.05, 0.1) is 6.04 Å². The minimum atomic E-state index is -0.617. The van der Waals surface area contributed by atoms with Gasteiger partial charge in [0, 0.05) is 43.9 Å². The van der Waals surface area contributed by atoms with Crippen LogP contribution in [0.3, 0.4) is 0 Å². The number of ether oxygens (including phenoxy) is 1. The predicted molar refractivity (Wildman–Crippen MR) is 144 cm³/mol. The first-order valence-electron chi connectivity index (χ1n) is 12.1. The Morgan fingerprint density at radius 2 is 1.70 bits per heavy atom. The fraction of sp³-hybridized carbons (Fsp3) is 0.286. The highest BCUT2D eigenvalue weighted by atomic mass is 16.6. The van der Waals surface area contributed by atoms with Gasteiger partial charge in [-0.2, -0.15) is 0 Å². The summed E-state index contributed by atoms with van der Waals surface area (Å²) < 4.78 is 8.72. The molecule has 2 N–H and O–H groups in total. The Bertz CT molecular complexity index is 1380. The minimum Gasteiger partial charge on any atom is -0.444 e. The summed E-state index contributed by atoms with van der Waals surface area (Å²) in [6.07, 6.45) is 7.04. The molecule has 1 aromatic carbocycles. The molecule has 1 atom stereocenters. The van der Waals surface area contributed by atoms with E-state index in [1.165, 1.54) is 4.57 Å². The zero-order valence-electron chi connectivity index (χ0n) is 21.5. The van der Waals surface area contributed by atoms with E-state index in [-0.39, 0.29) is 11.6 Å². The molecule has 0 spiro atoms. The number of anilines is 1. The molecule has 1 unspecified atom stereocenters. The zero-order valence-corrected chi connectivity index (χ0v) is 21.5. The van der Waals surface area contributed by atoms with Crippen molar-refractivity contribution in [3.63, 3.8) is 0 Å². The molecule has 192 valence electrons. The van der Waals surface area contributed by atoms with Crippen LogP contribution in [0.1, 0.15) is 26.3 Å². The van der Waals surface area contributed by atoms with Gasteiger partial charge in [-0.1, -0.05) is 30.3 Å². The van der Waals surface area contributed by atoms with Gasteiger partial charge in [0.2, 0.25) is 5.95 Å². The number of carbonyl (C=O) groups excluding carboxylic acids is 1. The van der Waals surface area contributed by atoms with Crippen LogP contribution in [-0.4, -0.2) is 43.4 Å². The lowest BCUT2D eigenvalue weighted by Crippen LogP contribution is -2.44. The second-order valence-electron chi connectivity index (χ2n) is 9.74. The van der Waals surface area contributed by atoms with Gasteiger partial charge in [-0.05, 0) is 57.0 Å². The van der Waals surface area contributed by atoms with E-state index >= 15 is 0 Å². The Balaban J connectivity index is 1.65. The Kier molecular flexibility index (Phi) is 7.71. The highest BCUT2D eigenvalue weighted by Crippen LogP contribution is 2.23. The summed E-state index contributed by atoms with van der Waals surface area (Å²) in [6, 6.07) is 16.9. The topological polar surface area (TPSA) is 103 Å². The minimum absolute atomic E-state index is 0.208. The van der Waals surface area contributed by atoms with Crippen molar-refractivity contribution in [2.75, 3.05) is 11.9 Å². The molecule has 9 nitrogen and oxygen atoms in total. The standard InChI is InChI=1S/C28H32N6O3/c1-28(2,3)37-27(36)31-22(18-20-10-6-5-7-11-20)19-30-26-32-23(21-12-14-29-15-13-21)24(25(35)33(26)4)34-16-8-9-17-34/h5-17,22H,18-19H2,1-4H3,(H,30,32)(H,31,36). The quantitative estimate of drug-likeness (QED) is 0.376. The van der Waals surface area contributed by atoms with Crippen LogP contribution in [0.25, 0.3) is 16.9 Å². The van der Waals surface area contributed by atoms with Crippen molar-refractivity contribution < 1.29 is 9.53 Å². The van der Waals surface area contributed by atoms with Gasteiger partial charge in [0.15, 0.2) is 0 Å². The normalized spacial score (nSPS) is 12.1. The molecule has 4 aromatic rings. The second kappa shape index (κ2) is 11.1. The zero-order chi connectivity index (χ0) is 26.4. The lowest BCUT2D eigenvalue weighted by molar-refractivity contribution is 0.0507. The van der Waals surface area contributed by atoms with Crippen LogP contribution >= 0.6 is 0 Å². The van der Waals surface area contributed by atoms with Crippen LogP contribution in [-0.2, 0) is 18.2 Å². The average molecular weight is 501 g/mol. The average Bonchev–Trinajstić information content (AvgIpc) is 3.39. The lowest BCUT2D eigenvalue weighted by Gasteiger charge is -2.24. The maximum Gasteiger partial charge on any atom is 0.407 e. The first-order valence-corrected chi connectivity index (χ1v) is 12.1. The van der Waals surface area contributed by atoms with Gasteiger partial charge < -0.3 is 19.9 Å². The van der Waals surface area contributed by atoms with E-state index in [1.54, 1.807) is 24.0 Å². The number of hydrogen-bond donors (Lipinski definition) is 2. The summed E-state index contributed by atoms with van der Waals surface area (Å²) in [4.78, 5) is 35.0. The third kappa shape index (κ3) is 6.63. The fourth-order valence-corrected chi connectivity index (χ4v) is 3.94. The molecule has 4 rings (SSSR count). The Morgan fingerprint density at radius 1 is 1.03 bits per heavy atom. The van der Waals surface area contributed by atoms with Gasteiger partial charge in [-0.3, -0.25) is 14.3 Å². The maximum atomic E-state index is 13.5. The summed E-state index contributed by atoms with van der Waals surface area (Å²) in [7, 11) is 1.68. The van der Waals surface area contributed by atoms with E-state index < -0.39 is 11.7 Å². The first kappa shape index (κ1) is 25.7. The first-order chi connectivity index (χ1) is 17.7. The highest BCUT2D eigenvalue weighted by molar-refractivity contribution is 5.70. The molecule has 0 aliphatic carbocycles. The van der Waals surface area contributed by atoms with E-state index in [9.17, 15) is 9.59 Å². The van der Waals surface area contributed by atoms with E-state index in [0.717, 1.165) is 11.1 Å². The SMILES string of the molecule is Cn1c(NCC(Cc2ccccc2)NC(=O)OC(C)(C)C)nc(-c2ccncc2)c(-n2cccc2)c1=O. The molecule has 3 aromatic heterocycles. The predicted octanol–water partition coefficient (Wildman–Crippen LogP) is 4.18. The number of pyridine rings is 1. The molecular formula is C28H32N6O3. The maximum absolute atomic E-state index is 13.5. The number of carbonyl (C=O) groups is 1. The summed E-state index contributed by atoms with van der Waals surface area (Å²) in [5.74, 6) is 0.386. The number of aromatic nitrogens is 4. The van der Waals surface area contributed by atoms with E-state index in [2.05, 4.69) is 15.6 Å². The molecule has 0 radical (unpaired) electrons. The van der Waals surface area contributed by atoms with Gasteiger partial charge >= 0.3 is 6.09 Å². The van der Waals surface area contributed by atoms with Gasteiger partial charge in [0.1, 0.15) is 17.0 Å². The lowest BCUT2D eigenvalue weighted by atomic mass is 10.1. The largest absolute Gasteiger partial charge is 0.444 e. The van der Waals surface area contributed by atoms with Gasteiger partial charge in [-0.15, -0.1) is 0 Å². The van der Waals surface area contributed by atoms with Crippen LogP contribution in [0.5, 0.6) is 0 Å². The van der Waals surface area contributed by atoms with Crippen LogP contribution in [0.2, 0.25) is 0 Å². The van der Waals surface area contributed by atoms with Crippen molar-refractivity contribution in [2.45, 2.75) is 38.8 Å². The molecule has 37 heavy (non-hydrogen) atoms. The molecule has 0 saturated heterocycles. The summed E-state index contributed by atoms with van der Waals surface area (Å²) in [6.45, 7) is 5.80. The summed E-state index contributed by atoms with van der Waals surface area (Å²) in [5.41, 5.74) is 1.98. The number of nitrogens with one attached hydrogen (secondary N) is 2. The Labute approximate surface area is 216 Å². The summed E-state index contributed by atoms with van der Waals surface area (Å²) >= 11 is 0. The smallest absolute Gasteiger partial charge is 0.407 e. The van der Waals surface area contributed by atoms with Crippen molar-refractivity contribution in [1.29, 1.82) is 0 Å². The van der Waals surface area contributed by atoms with Crippen molar-refractivity contribution in [3.8, 4) is 16.9 Å². The summed E-state index contributed by atoms with van der Waals surface area (Å²) in [5, 5.41) is 6.24. The van der Waals surface area contributed by atoms with Crippen molar-refractivity contribution >= 4 is 12.0 Å². The van der Waals surface area contributed by atoms with Crippen LogP contribution in [0.15, 0.2) is 84.2 Å². The van der Waals surface area contributed by atoms with Gasteiger partial charge in [-0.25, -0.2) is 9.78 Å². The van der Waals surface area contributed by atoms with Crippen LogP contribution in [0, 0.1) is 0 Å². The van der Waals surface area contributed by atoms with Gasteiger partial charge in [0.25, 0.3) is 5.56 Å². The molecule has 1 amide bonds. The number of alkyl carbamates (subject to hydrolysis) is 1. The molecule has 0 aliphatic heterocycles. The van der Waals surface area contributed by atoms with Crippen molar-refractivity contribution in [3.05, 3.63) is 95.3 Å². The Morgan fingerprint density at radius 3 is 2.35 bits per heavy atom. The van der Waals surface area contributed by atoms with Crippen molar-refractivity contribution in [2.24, 2.45) is 7.05 Å². The molecule has 3 heterocycles. The Hall–Kier alpha value is -4.40. The van der Waals surface area contributed by atoms with Crippen LogP contribution < -0.4 is 16.2 Å². The number of benzene rings is 1.